The van der Waals surface area contributed by atoms with Gasteiger partial charge in [-0.1, -0.05) is 13.8 Å². The number of aromatic nitrogens is 2. The van der Waals surface area contributed by atoms with Crippen molar-refractivity contribution in [2.75, 3.05) is 19.6 Å². The van der Waals surface area contributed by atoms with Crippen LogP contribution in [0.15, 0.2) is 29.2 Å². The molecule has 0 radical (unpaired) electrons. The number of pyridine rings is 1. The number of carbonyl (C=O) groups excluding carboxylic acids is 1. The van der Waals surface area contributed by atoms with Crippen LogP contribution in [0.3, 0.4) is 0 Å². The van der Waals surface area contributed by atoms with Gasteiger partial charge in [0, 0.05) is 50.9 Å². The van der Waals surface area contributed by atoms with Crippen molar-refractivity contribution in [2.45, 2.75) is 52.6 Å². The van der Waals surface area contributed by atoms with Crippen molar-refractivity contribution in [2.24, 2.45) is 11.8 Å². The maximum absolute atomic E-state index is 12.8. The van der Waals surface area contributed by atoms with E-state index in [1.807, 2.05) is 19.1 Å². The summed E-state index contributed by atoms with van der Waals surface area (Å²) in [4.78, 5) is 34.4. The van der Waals surface area contributed by atoms with Crippen LogP contribution in [0, 0.1) is 18.8 Å². The van der Waals surface area contributed by atoms with Gasteiger partial charge in [0.1, 0.15) is 5.65 Å². The molecule has 3 heterocycles. The van der Waals surface area contributed by atoms with Crippen LogP contribution in [0.1, 0.15) is 44.4 Å². The number of nitrogens with zero attached hydrogens (tertiary/aromatic N) is 4. The van der Waals surface area contributed by atoms with E-state index in [4.69, 9.17) is 4.98 Å². The van der Waals surface area contributed by atoms with Gasteiger partial charge in [-0.15, -0.1) is 0 Å². The van der Waals surface area contributed by atoms with Crippen molar-refractivity contribution in [3.05, 3.63) is 46.0 Å². The minimum absolute atomic E-state index is 0.0540. The van der Waals surface area contributed by atoms with Crippen molar-refractivity contribution in [1.29, 1.82) is 0 Å². The Bertz CT molecular complexity index is 932. The summed E-state index contributed by atoms with van der Waals surface area (Å²) < 4.78 is 1.58. The molecule has 1 saturated carbocycles. The predicted molar refractivity (Wildman–Crippen MR) is 109 cm³/mol. The minimum atomic E-state index is -0.0540. The second-order valence-corrected chi connectivity index (χ2v) is 8.80. The quantitative estimate of drug-likeness (QED) is 0.797. The summed E-state index contributed by atoms with van der Waals surface area (Å²) in [6, 6.07) is 5.70. The van der Waals surface area contributed by atoms with Crippen LogP contribution < -0.4 is 5.56 Å². The van der Waals surface area contributed by atoms with Gasteiger partial charge in [-0.05, 0) is 49.3 Å². The smallest absolute Gasteiger partial charge is 0.258 e. The van der Waals surface area contributed by atoms with E-state index in [1.54, 1.807) is 16.7 Å². The van der Waals surface area contributed by atoms with E-state index in [-0.39, 0.29) is 17.5 Å². The van der Waals surface area contributed by atoms with Gasteiger partial charge in [-0.3, -0.25) is 18.9 Å². The Morgan fingerprint density at radius 1 is 1.21 bits per heavy atom. The molecular formula is C22H30N4O2. The first-order valence-corrected chi connectivity index (χ1v) is 10.4. The Balaban J connectivity index is 1.56. The van der Waals surface area contributed by atoms with E-state index in [2.05, 4.69) is 23.6 Å². The molecule has 2 fully saturated rings. The van der Waals surface area contributed by atoms with E-state index in [1.165, 1.54) is 12.8 Å². The van der Waals surface area contributed by atoms with Crippen molar-refractivity contribution >= 4 is 11.6 Å². The molecule has 0 aromatic carbocycles. The fraction of sp³-hybridized carbons (Fsp3) is 0.591. The molecule has 150 valence electrons. The van der Waals surface area contributed by atoms with E-state index in [0.29, 0.717) is 30.4 Å². The molecular weight excluding hydrogens is 352 g/mol. The molecule has 0 N–H and O–H groups in total. The SMILES string of the molecule is Cc1ccn2c(=O)cc(CN3CCC(=O)N(CC4CC4)C(C(C)C)C3)nc2c1. The fourth-order valence-corrected chi connectivity index (χ4v) is 4.13. The standard InChI is InChI=1S/C22H30N4O2/c1-15(2)19-14-24(8-7-21(27)26(19)12-17-4-5-17)13-18-11-22(28)25-9-6-16(3)10-20(25)23-18/h6,9-11,15,17,19H,4-5,7-8,12-14H2,1-3H3. The molecule has 6 nitrogen and oxygen atoms in total. The van der Waals surface area contributed by atoms with Crippen LogP contribution in [0.25, 0.3) is 5.65 Å². The first kappa shape index (κ1) is 19.1. The Labute approximate surface area is 166 Å². The topological polar surface area (TPSA) is 57.9 Å². The van der Waals surface area contributed by atoms with Crippen molar-refractivity contribution in [3.8, 4) is 0 Å². The molecule has 1 aliphatic heterocycles. The monoisotopic (exact) mass is 382 g/mol. The summed E-state index contributed by atoms with van der Waals surface area (Å²) in [6.07, 6.45) is 4.83. The first-order valence-electron chi connectivity index (χ1n) is 10.4. The number of amides is 1. The summed E-state index contributed by atoms with van der Waals surface area (Å²) in [7, 11) is 0. The molecule has 1 aliphatic carbocycles. The van der Waals surface area contributed by atoms with Gasteiger partial charge in [0.05, 0.1) is 5.69 Å². The zero-order valence-corrected chi connectivity index (χ0v) is 17.1. The molecule has 1 atom stereocenters. The zero-order chi connectivity index (χ0) is 19.8. The van der Waals surface area contributed by atoms with Gasteiger partial charge in [0.25, 0.3) is 5.56 Å². The lowest BCUT2D eigenvalue weighted by Gasteiger charge is -2.34. The first-order chi connectivity index (χ1) is 13.4. The highest BCUT2D eigenvalue weighted by Crippen LogP contribution is 2.32. The molecule has 1 saturated heterocycles. The molecule has 1 unspecified atom stereocenters. The number of hydrogen-bond donors (Lipinski definition) is 0. The molecule has 28 heavy (non-hydrogen) atoms. The Kier molecular flexibility index (Phi) is 5.23. The lowest BCUT2D eigenvalue weighted by Crippen LogP contribution is -2.47. The molecule has 2 aromatic heterocycles. The summed E-state index contributed by atoms with van der Waals surface area (Å²) >= 11 is 0. The molecule has 0 spiro atoms. The van der Waals surface area contributed by atoms with Crippen LogP contribution in [0.5, 0.6) is 0 Å². The number of carbonyl (C=O) groups is 1. The normalized spacial score (nSPS) is 21.5. The van der Waals surface area contributed by atoms with E-state index in [9.17, 15) is 9.59 Å². The number of rotatable bonds is 5. The van der Waals surface area contributed by atoms with Crippen molar-refractivity contribution in [3.63, 3.8) is 0 Å². The van der Waals surface area contributed by atoms with E-state index >= 15 is 0 Å². The lowest BCUT2D eigenvalue weighted by atomic mass is 10.0. The summed E-state index contributed by atoms with van der Waals surface area (Å²) in [5, 5.41) is 0. The Morgan fingerprint density at radius 2 is 2.00 bits per heavy atom. The lowest BCUT2D eigenvalue weighted by molar-refractivity contribution is -0.133. The Morgan fingerprint density at radius 3 is 2.71 bits per heavy atom. The second-order valence-electron chi connectivity index (χ2n) is 8.80. The molecule has 1 amide bonds. The third-order valence-electron chi connectivity index (χ3n) is 5.99. The van der Waals surface area contributed by atoms with Crippen LogP contribution in [0.2, 0.25) is 0 Å². The van der Waals surface area contributed by atoms with Crippen LogP contribution in [-0.2, 0) is 11.3 Å². The highest BCUT2D eigenvalue weighted by Gasteiger charge is 2.35. The molecule has 2 aliphatic rings. The van der Waals surface area contributed by atoms with Crippen molar-refractivity contribution < 1.29 is 4.79 Å². The third-order valence-corrected chi connectivity index (χ3v) is 5.99. The van der Waals surface area contributed by atoms with E-state index in [0.717, 1.165) is 30.9 Å². The molecule has 2 aromatic rings. The average molecular weight is 383 g/mol. The predicted octanol–water partition coefficient (Wildman–Crippen LogP) is 2.47. The number of fused-ring (bicyclic) bond motifs is 1. The van der Waals surface area contributed by atoms with Gasteiger partial charge in [0.2, 0.25) is 5.91 Å². The largest absolute Gasteiger partial charge is 0.338 e. The van der Waals surface area contributed by atoms with Gasteiger partial charge < -0.3 is 4.90 Å². The molecule has 6 heteroatoms. The molecule has 4 rings (SSSR count). The maximum atomic E-state index is 12.8. The van der Waals surface area contributed by atoms with E-state index < -0.39 is 0 Å². The Hall–Kier alpha value is -2.21. The number of hydrogen-bond acceptors (Lipinski definition) is 4. The van der Waals surface area contributed by atoms with Gasteiger partial charge in [-0.25, -0.2) is 4.98 Å². The fourth-order valence-electron chi connectivity index (χ4n) is 4.13. The summed E-state index contributed by atoms with van der Waals surface area (Å²) in [6.45, 7) is 9.47. The van der Waals surface area contributed by atoms with Crippen LogP contribution in [-0.4, -0.2) is 50.8 Å². The zero-order valence-electron chi connectivity index (χ0n) is 17.1. The van der Waals surface area contributed by atoms with Crippen molar-refractivity contribution in [1.82, 2.24) is 19.2 Å². The highest BCUT2D eigenvalue weighted by molar-refractivity contribution is 5.77. The highest BCUT2D eigenvalue weighted by atomic mass is 16.2. The van der Waals surface area contributed by atoms with Gasteiger partial charge in [-0.2, -0.15) is 0 Å². The van der Waals surface area contributed by atoms with Gasteiger partial charge >= 0.3 is 0 Å². The maximum Gasteiger partial charge on any atom is 0.258 e. The second kappa shape index (κ2) is 7.66. The number of aryl methyl sites for hydroxylation is 1. The van der Waals surface area contributed by atoms with Crippen LogP contribution in [0.4, 0.5) is 0 Å². The summed E-state index contributed by atoms with van der Waals surface area (Å²) in [5.41, 5.74) is 2.49. The average Bonchev–Trinajstić information content (AvgIpc) is 3.46. The third kappa shape index (κ3) is 4.12. The minimum Gasteiger partial charge on any atom is -0.338 e. The summed E-state index contributed by atoms with van der Waals surface area (Å²) in [5.74, 6) is 1.37. The van der Waals surface area contributed by atoms with Crippen LogP contribution >= 0.6 is 0 Å². The van der Waals surface area contributed by atoms with Gasteiger partial charge in [0.15, 0.2) is 0 Å². The molecule has 0 bridgehead atoms.